The Morgan fingerprint density at radius 2 is 2.15 bits per heavy atom. The summed E-state index contributed by atoms with van der Waals surface area (Å²) in [5, 5.41) is 13.6. The van der Waals surface area contributed by atoms with Crippen LogP contribution in [0.3, 0.4) is 0 Å². The van der Waals surface area contributed by atoms with E-state index >= 15 is 0 Å². The fourth-order valence-electron chi connectivity index (χ4n) is 1.55. The second-order valence-electron chi connectivity index (χ2n) is 3.98. The fourth-order valence-corrected chi connectivity index (χ4v) is 4.15. The van der Waals surface area contributed by atoms with Gasteiger partial charge in [-0.1, -0.05) is 19.1 Å². The van der Waals surface area contributed by atoms with Crippen molar-refractivity contribution in [2.24, 2.45) is 0 Å². The largest absolute Gasteiger partial charge is 0.312 e. The van der Waals surface area contributed by atoms with Crippen molar-refractivity contribution < 1.29 is 14.0 Å². The van der Waals surface area contributed by atoms with Crippen molar-refractivity contribution in [2.75, 3.05) is 24.7 Å². The summed E-state index contributed by atoms with van der Waals surface area (Å²) in [7, 11) is -1.36. The molecule has 0 aliphatic rings. The van der Waals surface area contributed by atoms with Crippen LogP contribution in [0, 0.1) is 10.1 Å². The molecule has 112 valence electrons. The van der Waals surface area contributed by atoms with Gasteiger partial charge in [0.25, 0.3) is 13.2 Å². The summed E-state index contributed by atoms with van der Waals surface area (Å²) in [6.07, 6.45) is 0.405. The van der Waals surface area contributed by atoms with Crippen molar-refractivity contribution in [2.45, 2.75) is 13.5 Å². The zero-order chi connectivity index (χ0) is 15.0. The average Bonchev–Trinajstić information content (AvgIpc) is 2.45. The van der Waals surface area contributed by atoms with Crippen LogP contribution in [0.2, 0.25) is 0 Å². The predicted octanol–water partition coefficient (Wildman–Crippen LogP) is 3.28. The monoisotopic (exact) mass is 318 g/mol. The number of benzene rings is 1. The number of hydrogen-bond acceptors (Lipinski definition) is 5. The van der Waals surface area contributed by atoms with Crippen LogP contribution in [0.25, 0.3) is 0 Å². The number of hydrogen-bond donors (Lipinski definition) is 1. The van der Waals surface area contributed by atoms with Gasteiger partial charge in [0.05, 0.1) is 17.1 Å². The highest BCUT2D eigenvalue weighted by Crippen LogP contribution is 2.43. The number of rotatable bonds is 9. The Balaban J connectivity index is 2.69. The molecule has 0 aliphatic heterocycles. The van der Waals surface area contributed by atoms with E-state index in [0.29, 0.717) is 11.7 Å². The Hall–Kier alpha value is -0.880. The van der Waals surface area contributed by atoms with Crippen molar-refractivity contribution in [1.29, 1.82) is 0 Å². The molecule has 0 spiro atoms. The van der Waals surface area contributed by atoms with Crippen molar-refractivity contribution in [3.05, 3.63) is 39.9 Å². The highest BCUT2D eigenvalue weighted by Gasteiger charge is 2.22. The van der Waals surface area contributed by atoms with Crippen molar-refractivity contribution in [3.63, 3.8) is 0 Å². The van der Waals surface area contributed by atoms with E-state index in [0.717, 1.165) is 11.5 Å². The van der Waals surface area contributed by atoms with Crippen LogP contribution in [-0.4, -0.2) is 29.6 Å². The summed E-state index contributed by atoms with van der Waals surface area (Å²) >= 11 is 1.68. The molecular weight excluding hydrogens is 299 g/mol. The summed E-state index contributed by atoms with van der Waals surface area (Å²) in [5.41, 5.74) is 0.411. The number of nitro groups is 1. The molecule has 1 atom stereocenters. The third-order valence-electron chi connectivity index (χ3n) is 2.69. The summed E-state index contributed by atoms with van der Waals surface area (Å²) < 4.78 is 17.8. The van der Waals surface area contributed by atoms with Crippen LogP contribution >= 0.6 is 19.3 Å². The Labute approximate surface area is 122 Å². The Morgan fingerprint density at radius 3 is 2.75 bits per heavy atom. The third kappa shape index (κ3) is 5.25. The second kappa shape index (κ2) is 8.42. The maximum atomic E-state index is 12.4. The molecule has 8 heteroatoms. The fraction of sp³-hybridized carbons (Fsp3) is 0.500. The van der Waals surface area contributed by atoms with Gasteiger partial charge in [-0.3, -0.25) is 14.7 Å². The number of nitrogens with one attached hydrogen (secondary N) is 1. The minimum Gasteiger partial charge on any atom is -0.312 e. The van der Waals surface area contributed by atoms with Gasteiger partial charge in [-0.2, -0.15) is 11.8 Å². The van der Waals surface area contributed by atoms with Gasteiger partial charge in [-0.05, 0) is 18.9 Å². The molecule has 1 aromatic rings. The third-order valence-corrected chi connectivity index (χ3v) is 5.94. The molecule has 0 bridgehead atoms. The Morgan fingerprint density at radius 1 is 1.45 bits per heavy atom. The standard InChI is InChI=1S/C12H19N2O4PS/c1-3-20-9-8-19(17,13-2)18-10-11-6-4-5-7-12(11)14(15)16/h4-7H,3,8-10H2,1-2H3,(H,13,17). The van der Waals surface area contributed by atoms with E-state index < -0.39 is 12.4 Å². The maximum absolute atomic E-state index is 12.4. The molecule has 1 aromatic carbocycles. The minimum atomic E-state index is -2.94. The molecule has 1 N–H and O–H groups in total. The molecule has 0 saturated carbocycles. The van der Waals surface area contributed by atoms with Gasteiger partial charge >= 0.3 is 0 Å². The van der Waals surface area contributed by atoms with E-state index in [1.54, 1.807) is 37.0 Å². The first-order valence-corrected chi connectivity index (χ1v) is 9.21. The number of para-hydroxylation sites is 1. The van der Waals surface area contributed by atoms with E-state index in [1.807, 2.05) is 6.92 Å². The SMILES string of the molecule is CCSCCP(=O)(NC)OCc1ccccc1[N+](=O)[O-]. The van der Waals surface area contributed by atoms with Gasteiger partial charge in [0, 0.05) is 18.0 Å². The predicted molar refractivity (Wildman–Crippen MR) is 82.4 cm³/mol. The molecule has 0 heterocycles. The molecule has 0 saturated heterocycles. The summed E-state index contributed by atoms with van der Waals surface area (Å²) in [4.78, 5) is 10.4. The molecule has 0 radical (unpaired) electrons. The molecule has 6 nitrogen and oxygen atoms in total. The van der Waals surface area contributed by atoms with E-state index in [1.165, 1.54) is 6.07 Å². The van der Waals surface area contributed by atoms with Gasteiger partial charge < -0.3 is 4.52 Å². The van der Waals surface area contributed by atoms with Crippen LogP contribution in [-0.2, 0) is 15.7 Å². The van der Waals surface area contributed by atoms with Crippen molar-refractivity contribution >= 4 is 25.0 Å². The highest BCUT2D eigenvalue weighted by molar-refractivity contribution is 7.99. The molecule has 0 aliphatic carbocycles. The molecule has 20 heavy (non-hydrogen) atoms. The van der Waals surface area contributed by atoms with Crippen molar-refractivity contribution in [3.8, 4) is 0 Å². The minimum absolute atomic E-state index is 0.0157. The van der Waals surface area contributed by atoms with Gasteiger partial charge in [0.1, 0.15) is 0 Å². The zero-order valence-electron chi connectivity index (χ0n) is 11.6. The average molecular weight is 318 g/mol. The van der Waals surface area contributed by atoms with Gasteiger partial charge in [-0.25, -0.2) is 5.09 Å². The molecule has 0 aromatic heterocycles. The first-order valence-electron chi connectivity index (χ1n) is 6.25. The summed E-state index contributed by atoms with van der Waals surface area (Å²) in [6.45, 7) is 2.00. The highest BCUT2D eigenvalue weighted by atomic mass is 32.2. The smallest absolute Gasteiger partial charge is 0.274 e. The van der Waals surface area contributed by atoms with Gasteiger partial charge in [0.15, 0.2) is 0 Å². The lowest BCUT2D eigenvalue weighted by Crippen LogP contribution is -2.11. The van der Waals surface area contributed by atoms with Crippen LogP contribution in [0.15, 0.2) is 24.3 Å². The lowest BCUT2D eigenvalue weighted by Gasteiger charge is -2.17. The van der Waals surface area contributed by atoms with E-state index in [9.17, 15) is 14.7 Å². The first-order chi connectivity index (χ1) is 9.52. The van der Waals surface area contributed by atoms with Crippen molar-refractivity contribution in [1.82, 2.24) is 5.09 Å². The lowest BCUT2D eigenvalue weighted by molar-refractivity contribution is -0.385. The second-order valence-corrected chi connectivity index (χ2v) is 7.87. The number of nitrogens with zero attached hydrogens (tertiary/aromatic N) is 1. The Bertz CT molecular complexity index is 498. The maximum Gasteiger partial charge on any atom is 0.274 e. The first kappa shape index (κ1) is 17.2. The van der Waals surface area contributed by atoms with Crippen LogP contribution in [0.4, 0.5) is 5.69 Å². The quantitative estimate of drug-likeness (QED) is 0.326. The van der Waals surface area contributed by atoms with Crippen LogP contribution < -0.4 is 5.09 Å². The molecule has 1 unspecified atom stereocenters. The van der Waals surface area contributed by atoms with Gasteiger partial charge in [0.2, 0.25) is 0 Å². The number of thioether (sulfide) groups is 1. The van der Waals surface area contributed by atoms with Crippen LogP contribution in [0.1, 0.15) is 12.5 Å². The zero-order valence-corrected chi connectivity index (χ0v) is 13.3. The van der Waals surface area contributed by atoms with E-state index in [2.05, 4.69) is 5.09 Å². The summed E-state index contributed by atoms with van der Waals surface area (Å²) in [5.74, 6) is 1.68. The molecule has 1 rings (SSSR count). The normalized spacial score (nSPS) is 13.9. The number of nitro benzene ring substituents is 1. The van der Waals surface area contributed by atoms with Crippen LogP contribution in [0.5, 0.6) is 0 Å². The van der Waals surface area contributed by atoms with E-state index in [-0.39, 0.29) is 12.3 Å². The summed E-state index contributed by atoms with van der Waals surface area (Å²) in [6, 6.07) is 6.31. The molecule has 0 amide bonds. The molecular formula is C12H19N2O4PS. The van der Waals surface area contributed by atoms with Gasteiger partial charge in [-0.15, -0.1) is 0 Å². The Kier molecular flexibility index (Phi) is 7.23. The topological polar surface area (TPSA) is 81.5 Å². The lowest BCUT2D eigenvalue weighted by atomic mass is 10.2. The van der Waals surface area contributed by atoms with E-state index in [4.69, 9.17) is 4.52 Å². The molecule has 0 fully saturated rings.